The van der Waals surface area contributed by atoms with E-state index in [2.05, 4.69) is 13.2 Å². The van der Waals surface area contributed by atoms with Gasteiger partial charge in [-0.3, -0.25) is 4.79 Å². The Balaban J connectivity index is 4.40. The molecule has 4 nitrogen and oxygen atoms in total. The molecule has 0 aromatic rings. The molecule has 0 fully saturated rings. The first-order chi connectivity index (χ1) is 5.54. The van der Waals surface area contributed by atoms with E-state index in [1.165, 1.54) is 0 Å². The summed E-state index contributed by atoms with van der Waals surface area (Å²) in [4.78, 5) is 21.0. The summed E-state index contributed by atoms with van der Waals surface area (Å²) in [6.07, 6.45) is -1.33. The van der Waals surface area contributed by atoms with Crippen LogP contribution in [0.3, 0.4) is 0 Å². The molecule has 0 aromatic heterocycles. The Morgan fingerprint density at radius 1 is 1.50 bits per heavy atom. The molecule has 0 spiro atoms. The van der Waals surface area contributed by atoms with Crippen molar-refractivity contribution < 1.29 is 19.8 Å². The van der Waals surface area contributed by atoms with Gasteiger partial charge >= 0.3 is 0 Å². The van der Waals surface area contributed by atoms with Crippen LogP contribution in [0.15, 0.2) is 24.3 Å². The van der Waals surface area contributed by atoms with Gasteiger partial charge in [0, 0.05) is 11.1 Å². The summed E-state index contributed by atoms with van der Waals surface area (Å²) in [6.45, 7) is 5.90. The third-order valence-electron chi connectivity index (χ3n) is 1.29. The van der Waals surface area contributed by atoms with Crippen LogP contribution in [0, 0.1) is 0 Å². The lowest BCUT2D eigenvalue weighted by molar-refractivity contribution is -0.118. The van der Waals surface area contributed by atoms with Crippen molar-refractivity contribution in [3.8, 4) is 0 Å². The fourth-order valence-electron chi connectivity index (χ4n) is 0.515. The molecule has 0 aliphatic carbocycles. The minimum Gasteiger partial charge on any atom is -0.392 e. The quantitative estimate of drug-likeness (QED) is 0.419. The van der Waals surface area contributed by atoms with Gasteiger partial charge in [-0.15, -0.1) is 0 Å². The SMILES string of the molecule is C=C(CO)C(=O)C(=C)[C@@H](O)C=O. The second kappa shape index (κ2) is 4.58. The average Bonchev–Trinajstić information content (AvgIpc) is 2.12. The normalized spacial score (nSPS) is 11.8. The van der Waals surface area contributed by atoms with Gasteiger partial charge in [-0.05, 0) is 0 Å². The van der Waals surface area contributed by atoms with Crippen molar-refractivity contribution in [1.82, 2.24) is 0 Å². The molecule has 0 amide bonds. The van der Waals surface area contributed by atoms with Gasteiger partial charge in [-0.1, -0.05) is 13.2 Å². The molecule has 1 atom stereocenters. The first-order valence-corrected chi connectivity index (χ1v) is 3.20. The van der Waals surface area contributed by atoms with E-state index in [9.17, 15) is 9.59 Å². The van der Waals surface area contributed by atoms with Crippen LogP contribution >= 0.6 is 0 Å². The Bertz CT molecular complexity index is 229. The number of hydrogen-bond acceptors (Lipinski definition) is 4. The number of ketones is 1. The minimum atomic E-state index is -1.51. The molecule has 0 bridgehead atoms. The zero-order valence-corrected chi connectivity index (χ0v) is 6.49. The van der Waals surface area contributed by atoms with Crippen molar-refractivity contribution in [3.63, 3.8) is 0 Å². The van der Waals surface area contributed by atoms with E-state index < -0.39 is 18.5 Å². The highest BCUT2D eigenvalue weighted by molar-refractivity contribution is 6.10. The summed E-state index contributed by atoms with van der Waals surface area (Å²) in [5.74, 6) is -0.683. The molecule has 0 saturated carbocycles. The molecule has 0 aliphatic heterocycles. The molecule has 0 saturated heterocycles. The predicted octanol–water partition coefficient (Wildman–Crippen LogP) is -0.780. The highest BCUT2D eigenvalue weighted by atomic mass is 16.3. The van der Waals surface area contributed by atoms with Crippen LogP contribution in [0.2, 0.25) is 0 Å². The van der Waals surface area contributed by atoms with Crippen LogP contribution in [0.4, 0.5) is 0 Å². The van der Waals surface area contributed by atoms with Gasteiger partial charge in [-0.25, -0.2) is 0 Å². The Hall–Kier alpha value is -1.26. The summed E-state index contributed by atoms with van der Waals surface area (Å²) in [5, 5.41) is 17.3. The van der Waals surface area contributed by atoms with Crippen molar-refractivity contribution in [3.05, 3.63) is 24.3 Å². The molecule has 12 heavy (non-hydrogen) atoms. The van der Waals surface area contributed by atoms with Crippen molar-refractivity contribution in [2.24, 2.45) is 0 Å². The summed E-state index contributed by atoms with van der Waals surface area (Å²) >= 11 is 0. The molecule has 4 heteroatoms. The average molecular weight is 170 g/mol. The van der Waals surface area contributed by atoms with Gasteiger partial charge in [0.05, 0.1) is 6.61 Å². The monoisotopic (exact) mass is 170 g/mol. The van der Waals surface area contributed by atoms with Gasteiger partial charge in [0.1, 0.15) is 6.10 Å². The fourth-order valence-corrected chi connectivity index (χ4v) is 0.515. The highest BCUT2D eigenvalue weighted by Crippen LogP contribution is 2.04. The molecule has 0 heterocycles. The summed E-state index contributed by atoms with van der Waals surface area (Å²) in [7, 11) is 0. The molecule has 0 rings (SSSR count). The van der Waals surface area contributed by atoms with Gasteiger partial charge in [-0.2, -0.15) is 0 Å². The first-order valence-electron chi connectivity index (χ1n) is 3.20. The number of hydrogen-bond donors (Lipinski definition) is 2. The zero-order chi connectivity index (χ0) is 9.72. The highest BCUT2D eigenvalue weighted by Gasteiger charge is 2.17. The molecular weight excluding hydrogens is 160 g/mol. The Morgan fingerprint density at radius 3 is 2.33 bits per heavy atom. The Labute approximate surface area is 69.8 Å². The van der Waals surface area contributed by atoms with Crippen LogP contribution in [0.5, 0.6) is 0 Å². The molecular formula is C8H10O4. The summed E-state index contributed by atoms with van der Waals surface area (Å²) in [6, 6.07) is 0. The molecule has 0 aromatic carbocycles. The maximum absolute atomic E-state index is 11.0. The van der Waals surface area contributed by atoms with E-state index in [0.29, 0.717) is 0 Å². The van der Waals surface area contributed by atoms with Crippen LogP contribution in [0.1, 0.15) is 0 Å². The molecule has 0 aliphatic rings. The number of carbonyl (C=O) groups is 2. The number of carbonyl (C=O) groups excluding carboxylic acids is 2. The minimum absolute atomic E-state index is 0.0964. The zero-order valence-electron chi connectivity index (χ0n) is 6.49. The van der Waals surface area contributed by atoms with Gasteiger partial charge in [0.15, 0.2) is 12.1 Å². The summed E-state index contributed by atoms with van der Waals surface area (Å²) < 4.78 is 0. The Kier molecular flexibility index (Phi) is 4.10. The van der Waals surface area contributed by atoms with E-state index in [4.69, 9.17) is 10.2 Å². The molecule has 2 N–H and O–H groups in total. The first kappa shape index (κ1) is 10.7. The topological polar surface area (TPSA) is 74.6 Å². The maximum atomic E-state index is 11.0. The standard InChI is InChI=1S/C8H10O4/c1-5(3-9)8(12)6(2)7(11)4-10/h4,7,9,11H,1-3H2/t7-/m0/s1. The van der Waals surface area contributed by atoms with E-state index in [1.807, 2.05) is 0 Å². The molecule has 66 valence electrons. The maximum Gasteiger partial charge on any atom is 0.189 e. The largest absolute Gasteiger partial charge is 0.392 e. The van der Waals surface area contributed by atoms with Gasteiger partial charge in [0.2, 0.25) is 0 Å². The van der Waals surface area contributed by atoms with Gasteiger partial charge in [0.25, 0.3) is 0 Å². The lowest BCUT2D eigenvalue weighted by atomic mass is 10.0. The smallest absolute Gasteiger partial charge is 0.189 e. The fraction of sp³-hybridized carbons (Fsp3) is 0.250. The van der Waals surface area contributed by atoms with Crippen LogP contribution in [0.25, 0.3) is 0 Å². The molecule has 0 radical (unpaired) electrons. The number of aliphatic hydroxyl groups is 2. The van der Waals surface area contributed by atoms with Crippen molar-refractivity contribution in [1.29, 1.82) is 0 Å². The molecule has 0 unspecified atom stereocenters. The third-order valence-corrected chi connectivity index (χ3v) is 1.29. The number of aldehydes is 1. The number of Topliss-reactive ketones (excluding diaryl/α,β-unsaturated/α-hetero) is 1. The van der Waals surface area contributed by atoms with E-state index >= 15 is 0 Å². The third kappa shape index (κ3) is 2.41. The van der Waals surface area contributed by atoms with Crippen molar-refractivity contribution in [2.45, 2.75) is 6.10 Å². The lowest BCUT2D eigenvalue weighted by Gasteiger charge is -2.06. The second-order valence-corrected chi connectivity index (χ2v) is 2.20. The van der Waals surface area contributed by atoms with E-state index in [1.54, 1.807) is 0 Å². The number of rotatable bonds is 5. The number of aliphatic hydroxyl groups excluding tert-OH is 2. The van der Waals surface area contributed by atoms with Crippen LogP contribution in [-0.2, 0) is 9.59 Å². The van der Waals surface area contributed by atoms with Crippen LogP contribution < -0.4 is 0 Å². The van der Waals surface area contributed by atoms with Crippen LogP contribution in [-0.4, -0.2) is 35.0 Å². The van der Waals surface area contributed by atoms with E-state index in [-0.39, 0.29) is 17.4 Å². The van der Waals surface area contributed by atoms with Crippen molar-refractivity contribution in [2.75, 3.05) is 6.61 Å². The van der Waals surface area contributed by atoms with E-state index in [0.717, 1.165) is 0 Å². The van der Waals surface area contributed by atoms with Crippen molar-refractivity contribution >= 4 is 12.1 Å². The summed E-state index contributed by atoms with van der Waals surface area (Å²) in [5.41, 5.74) is -0.370. The predicted molar refractivity (Wildman–Crippen MR) is 42.4 cm³/mol. The second-order valence-electron chi connectivity index (χ2n) is 2.20. The lowest BCUT2D eigenvalue weighted by Crippen LogP contribution is -2.20. The Morgan fingerprint density at radius 2 is 2.00 bits per heavy atom. The van der Waals surface area contributed by atoms with Gasteiger partial charge < -0.3 is 15.0 Å².